The van der Waals surface area contributed by atoms with Crippen LogP contribution in [0.25, 0.3) is 0 Å². The number of morpholine rings is 1. The van der Waals surface area contributed by atoms with E-state index in [1.165, 1.54) is 16.4 Å². The summed E-state index contributed by atoms with van der Waals surface area (Å²) >= 11 is 0. The van der Waals surface area contributed by atoms with Gasteiger partial charge >= 0.3 is 0 Å². The predicted molar refractivity (Wildman–Crippen MR) is 107 cm³/mol. The Labute approximate surface area is 170 Å². The first-order valence-corrected chi connectivity index (χ1v) is 10.9. The fourth-order valence-electron chi connectivity index (χ4n) is 3.56. The lowest BCUT2D eigenvalue weighted by Crippen LogP contribution is -2.49. The third-order valence-electron chi connectivity index (χ3n) is 5.16. The maximum absolute atomic E-state index is 13.0. The molecular formula is C19H22N6O3S. The number of anilines is 2. The number of hydrogen-bond acceptors (Lipinski definition) is 8. The molecule has 0 bridgehead atoms. The largest absolute Gasteiger partial charge is 0.378 e. The van der Waals surface area contributed by atoms with E-state index in [4.69, 9.17) is 4.74 Å². The van der Waals surface area contributed by atoms with Crippen molar-refractivity contribution in [3.8, 4) is 6.07 Å². The topological polar surface area (TPSA) is 103 Å². The fraction of sp³-hybridized carbons (Fsp3) is 0.421. The van der Waals surface area contributed by atoms with Gasteiger partial charge in [0.25, 0.3) is 0 Å². The molecule has 0 spiro atoms. The molecule has 3 heterocycles. The standard InChI is InChI=1S/C19H22N6O3S/c20-14-16-3-1-2-4-17(16)29(26,27)25-7-5-23(6-8-25)18-13-19(22-15-21-18)24-9-11-28-12-10-24/h1-4,13,15H,5-12H2. The van der Waals surface area contributed by atoms with Crippen molar-refractivity contribution in [3.05, 3.63) is 42.2 Å². The van der Waals surface area contributed by atoms with Crippen molar-refractivity contribution >= 4 is 21.7 Å². The zero-order chi connectivity index (χ0) is 20.3. The summed E-state index contributed by atoms with van der Waals surface area (Å²) in [7, 11) is -3.71. The van der Waals surface area contributed by atoms with E-state index in [1.807, 2.05) is 12.1 Å². The van der Waals surface area contributed by atoms with Crippen LogP contribution in [0.3, 0.4) is 0 Å². The Morgan fingerprint density at radius 3 is 2.21 bits per heavy atom. The zero-order valence-electron chi connectivity index (χ0n) is 15.9. The van der Waals surface area contributed by atoms with Gasteiger partial charge in [-0.15, -0.1) is 0 Å². The molecule has 2 saturated heterocycles. The third-order valence-corrected chi connectivity index (χ3v) is 7.12. The molecule has 1 aromatic carbocycles. The minimum Gasteiger partial charge on any atom is -0.378 e. The summed E-state index contributed by atoms with van der Waals surface area (Å²) in [6.45, 7) is 4.65. The highest BCUT2D eigenvalue weighted by molar-refractivity contribution is 7.89. The lowest BCUT2D eigenvalue weighted by molar-refractivity contribution is 0.122. The number of nitrogens with zero attached hydrogens (tertiary/aromatic N) is 6. The molecule has 0 amide bonds. The number of hydrogen-bond donors (Lipinski definition) is 0. The Balaban J connectivity index is 1.46. The van der Waals surface area contributed by atoms with Crippen LogP contribution in [-0.2, 0) is 14.8 Å². The Morgan fingerprint density at radius 2 is 1.55 bits per heavy atom. The lowest BCUT2D eigenvalue weighted by Gasteiger charge is -2.35. The van der Waals surface area contributed by atoms with Crippen LogP contribution < -0.4 is 9.80 Å². The predicted octanol–water partition coefficient (Wildman–Crippen LogP) is 0.696. The molecule has 2 aliphatic rings. The molecule has 4 rings (SSSR count). The van der Waals surface area contributed by atoms with Crippen LogP contribution >= 0.6 is 0 Å². The maximum atomic E-state index is 13.0. The van der Waals surface area contributed by atoms with E-state index in [1.54, 1.807) is 18.5 Å². The van der Waals surface area contributed by atoms with E-state index in [0.717, 1.165) is 24.7 Å². The number of rotatable bonds is 4. The Kier molecular flexibility index (Phi) is 5.62. The number of nitriles is 1. The first-order valence-electron chi connectivity index (χ1n) is 9.48. The summed E-state index contributed by atoms with van der Waals surface area (Å²) in [5.74, 6) is 1.65. The van der Waals surface area contributed by atoms with Crippen molar-refractivity contribution in [2.45, 2.75) is 4.90 Å². The van der Waals surface area contributed by atoms with Gasteiger partial charge in [-0.05, 0) is 12.1 Å². The van der Waals surface area contributed by atoms with Crippen molar-refractivity contribution in [1.29, 1.82) is 5.26 Å². The molecule has 0 aliphatic carbocycles. The van der Waals surface area contributed by atoms with E-state index in [9.17, 15) is 13.7 Å². The van der Waals surface area contributed by atoms with E-state index in [2.05, 4.69) is 19.8 Å². The molecule has 2 aliphatic heterocycles. The van der Waals surface area contributed by atoms with Gasteiger partial charge in [0.05, 0.1) is 23.7 Å². The molecule has 29 heavy (non-hydrogen) atoms. The molecular weight excluding hydrogens is 392 g/mol. The van der Waals surface area contributed by atoms with Crippen LogP contribution in [0, 0.1) is 11.3 Å². The highest BCUT2D eigenvalue weighted by Gasteiger charge is 2.30. The van der Waals surface area contributed by atoms with E-state index in [0.29, 0.717) is 39.4 Å². The van der Waals surface area contributed by atoms with Crippen molar-refractivity contribution in [3.63, 3.8) is 0 Å². The fourth-order valence-corrected chi connectivity index (χ4v) is 5.12. The maximum Gasteiger partial charge on any atom is 0.244 e. The van der Waals surface area contributed by atoms with Crippen LogP contribution in [0.5, 0.6) is 0 Å². The highest BCUT2D eigenvalue weighted by atomic mass is 32.2. The van der Waals surface area contributed by atoms with Crippen molar-refractivity contribution in [2.75, 3.05) is 62.3 Å². The summed E-state index contributed by atoms with van der Waals surface area (Å²) in [6, 6.07) is 10.2. The number of benzene rings is 1. The second-order valence-corrected chi connectivity index (χ2v) is 8.74. The minimum absolute atomic E-state index is 0.0626. The Hall–Kier alpha value is -2.74. The average Bonchev–Trinajstić information content (AvgIpc) is 2.80. The van der Waals surface area contributed by atoms with E-state index in [-0.39, 0.29) is 10.5 Å². The summed E-state index contributed by atoms with van der Waals surface area (Å²) < 4.78 is 32.8. The molecule has 152 valence electrons. The van der Waals surface area contributed by atoms with Gasteiger partial charge in [0.1, 0.15) is 24.0 Å². The van der Waals surface area contributed by atoms with Gasteiger partial charge in [-0.25, -0.2) is 18.4 Å². The van der Waals surface area contributed by atoms with Gasteiger partial charge in [-0.2, -0.15) is 9.57 Å². The smallest absolute Gasteiger partial charge is 0.244 e. The van der Waals surface area contributed by atoms with Gasteiger partial charge in [0.2, 0.25) is 10.0 Å². The summed E-state index contributed by atoms with van der Waals surface area (Å²) in [4.78, 5) is 13.0. The number of aromatic nitrogens is 2. The SMILES string of the molecule is N#Cc1ccccc1S(=O)(=O)N1CCN(c2cc(N3CCOCC3)ncn2)CC1. The quantitative estimate of drug-likeness (QED) is 0.720. The molecule has 0 atom stereocenters. The van der Waals surface area contributed by atoms with Gasteiger partial charge in [-0.1, -0.05) is 12.1 Å². The first-order chi connectivity index (χ1) is 14.1. The normalized spacial score (nSPS) is 18.4. The molecule has 9 nitrogen and oxygen atoms in total. The molecule has 1 aromatic heterocycles. The third kappa shape index (κ3) is 4.03. The lowest BCUT2D eigenvalue weighted by atomic mass is 10.2. The molecule has 10 heteroatoms. The number of sulfonamides is 1. The van der Waals surface area contributed by atoms with Crippen LogP contribution in [0.4, 0.5) is 11.6 Å². The molecule has 0 saturated carbocycles. The zero-order valence-corrected chi connectivity index (χ0v) is 16.8. The van der Waals surface area contributed by atoms with Crippen LogP contribution in [0.15, 0.2) is 41.6 Å². The van der Waals surface area contributed by atoms with Crippen LogP contribution in [0.2, 0.25) is 0 Å². The highest BCUT2D eigenvalue weighted by Crippen LogP contribution is 2.24. The summed E-state index contributed by atoms with van der Waals surface area (Å²) in [5, 5.41) is 9.24. The second kappa shape index (κ2) is 8.32. The van der Waals surface area contributed by atoms with Gasteiger partial charge in [-0.3, -0.25) is 0 Å². The Morgan fingerprint density at radius 1 is 0.931 bits per heavy atom. The Bertz CT molecular complexity index is 1010. The molecule has 2 fully saturated rings. The number of piperazine rings is 1. The van der Waals surface area contributed by atoms with E-state index < -0.39 is 10.0 Å². The average molecular weight is 414 g/mol. The summed E-state index contributed by atoms with van der Waals surface area (Å²) in [6.07, 6.45) is 1.55. The first kappa shape index (κ1) is 19.6. The van der Waals surface area contributed by atoms with Crippen molar-refractivity contribution in [1.82, 2.24) is 14.3 Å². The molecule has 0 unspecified atom stereocenters. The molecule has 0 N–H and O–H groups in total. The van der Waals surface area contributed by atoms with E-state index >= 15 is 0 Å². The summed E-state index contributed by atoms with van der Waals surface area (Å²) in [5.41, 5.74) is 0.167. The van der Waals surface area contributed by atoms with Gasteiger partial charge < -0.3 is 14.5 Å². The number of ether oxygens (including phenoxy) is 1. The van der Waals surface area contributed by atoms with Crippen LogP contribution in [-0.4, -0.2) is 75.2 Å². The van der Waals surface area contributed by atoms with Crippen molar-refractivity contribution < 1.29 is 13.2 Å². The van der Waals surface area contributed by atoms with Gasteiger partial charge in [0, 0.05) is 45.3 Å². The van der Waals surface area contributed by atoms with Crippen molar-refractivity contribution in [2.24, 2.45) is 0 Å². The minimum atomic E-state index is -3.71. The molecule has 0 radical (unpaired) electrons. The molecule has 2 aromatic rings. The second-order valence-electron chi connectivity index (χ2n) is 6.83. The van der Waals surface area contributed by atoms with Crippen LogP contribution in [0.1, 0.15) is 5.56 Å². The van der Waals surface area contributed by atoms with Gasteiger partial charge in [0.15, 0.2) is 0 Å². The monoisotopic (exact) mass is 414 g/mol.